The minimum Gasteiger partial charge on any atom is -0.383 e. The van der Waals surface area contributed by atoms with Crippen molar-refractivity contribution in [1.82, 2.24) is 5.32 Å². The monoisotopic (exact) mass is 536 g/mol. The van der Waals surface area contributed by atoms with Crippen LogP contribution in [0.25, 0.3) is 0 Å². The molecular weight excluding hydrogens is 510 g/mol. The molecule has 0 saturated heterocycles. The van der Waals surface area contributed by atoms with Gasteiger partial charge in [0.25, 0.3) is 10.0 Å². The average molecular weight is 537 g/mol. The van der Waals surface area contributed by atoms with Gasteiger partial charge < -0.3 is 10.1 Å². The minimum absolute atomic E-state index is 0.127. The van der Waals surface area contributed by atoms with E-state index in [1.54, 1.807) is 31.2 Å². The summed E-state index contributed by atoms with van der Waals surface area (Å²) in [6.07, 6.45) is 0.478. The zero-order chi connectivity index (χ0) is 26.3. The van der Waals surface area contributed by atoms with Crippen LogP contribution in [0, 0.1) is 11.6 Å². The third-order valence-corrected chi connectivity index (χ3v) is 7.77. The summed E-state index contributed by atoms with van der Waals surface area (Å²) < 4.78 is 62.4. The smallest absolute Gasteiger partial charge is 0.264 e. The summed E-state index contributed by atoms with van der Waals surface area (Å²) in [4.78, 5) is 12.1. The maximum Gasteiger partial charge on any atom is 0.264 e. The normalized spacial score (nSPS) is 12.2. The topological polar surface area (TPSA) is 75.7 Å². The Kier molecular flexibility index (Phi) is 9.42. The second-order valence-corrected chi connectivity index (χ2v) is 10.3. The van der Waals surface area contributed by atoms with E-state index in [4.69, 9.17) is 16.3 Å². The first kappa shape index (κ1) is 27.6. The maximum absolute atomic E-state index is 15.0. The van der Waals surface area contributed by atoms with Crippen molar-refractivity contribution in [2.45, 2.75) is 30.7 Å². The van der Waals surface area contributed by atoms with Crippen molar-refractivity contribution in [2.75, 3.05) is 24.6 Å². The third-order valence-electron chi connectivity index (χ3n) is 5.62. The number of benzene rings is 3. The maximum atomic E-state index is 15.0. The van der Waals surface area contributed by atoms with E-state index in [0.717, 1.165) is 22.5 Å². The number of rotatable bonds is 11. The molecule has 10 heteroatoms. The number of carbonyl (C=O) groups excluding carboxylic acids is 1. The van der Waals surface area contributed by atoms with E-state index < -0.39 is 33.4 Å². The number of aryl methyl sites for hydroxylation is 1. The second-order valence-electron chi connectivity index (χ2n) is 8.07. The number of halogens is 3. The van der Waals surface area contributed by atoms with Gasteiger partial charge in [0, 0.05) is 31.2 Å². The molecule has 0 fully saturated rings. The van der Waals surface area contributed by atoms with Gasteiger partial charge in [-0.1, -0.05) is 35.9 Å². The van der Waals surface area contributed by atoms with Crippen molar-refractivity contribution in [3.05, 3.63) is 94.5 Å². The lowest BCUT2D eigenvalue weighted by atomic mass is 9.97. The van der Waals surface area contributed by atoms with Crippen molar-refractivity contribution >= 4 is 33.2 Å². The van der Waals surface area contributed by atoms with Gasteiger partial charge in [0.15, 0.2) is 0 Å². The fourth-order valence-electron chi connectivity index (χ4n) is 3.85. The highest BCUT2D eigenvalue weighted by Gasteiger charge is 2.33. The molecule has 0 spiro atoms. The number of amides is 1. The molecule has 0 aliphatic carbocycles. The number of hydrogen-bond acceptors (Lipinski definition) is 4. The van der Waals surface area contributed by atoms with E-state index >= 15 is 0 Å². The van der Waals surface area contributed by atoms with E-state index in [-0.39, 0.29) is 17.2 Å². The molecular formula is C26H27ClF2N2O4S. The van der Waals surface area contributed by atoms with Gasteiger partial charge in [-0.2, -0.15) is 0 Å². The number of carbonyl (C=O) groups is 1. The lowest BCUT2D eigenvalue weighted by Crippen LogP contribution is -2.35. The van der Waals surface area contributed by atoms with Crippen LogP contribution in [0.1, 0.15) is 30.5 Å². The van der Waals surface area contributed by atoms with E-state index in [1.807, 2.05) is 0 Å². The molecule has 192 valence electrons. The highest BCUT2D eigenvalue weighted by atomic mass is 35.5. The average Bonchev–Trinajstić information content (AvgIpc) is 2.85. The van der Waals surface area contributed by atoms with Crippen LogP contribution in [0.5, 0.6) is 0 Å². The van der Waals surface area contributed by atoms with Crippen LogP contribution in [-0.4, -0.2) is 34.6 Å². The highest BCUT2D eigenvalue weighted by Crippen LogP contribution is 2.37. The number of anilines is 1. The minimum atomic E-state index is -4.35. The van der Waals surface area contributed by atoms with Crippen LogP contribution in [0.4, 0.5) is 14.5 Å². The van der Waals surface area contributed by atoms with E-state index in [2.05, 4.69) is 5.32 Å². The zero-order valence-corrected chi connectivity index (χ0v) is 21.5. The molecule has 0 radical (unpaired) electrons. The fraction of sp³-hybridized carbons (Fsp3) is 0.269. The van der Waals surface area contributed by atoms with Crippen molar-refractivity contribution in [3.8, 4) is 0 Å². The van der Waals surface area contributed by atoms with E-state index in [0.29, 0.717) is 35.7 Å². The summed E-state index contributed by atoms with van der Waals surface area (Å²) in [6, 6.07) is 14.2. The molecule has 0 unspecified atom stereocenters. The standard InChI is InChI=1S/C26H27ClF2N2O4S/c1-18(23-6-4-3-5-19(23)7-14-26(32)30-15-16-35-2)31(25-17-21(28)10-13-24(25)29)36(33,34)22-11-8-20(27)9-12-22/h3-6,8-13,17-18H,7,14-16H2,1-2H3,(H,30,32)/t18-/m1/s1. The molecule has 1 amide bonds. The molecule has 0 aliphatic rings. The number of methoxy groups -OCH3 is 1. The first-order chi connectivity index (χ1) is 17.1. The van der Waals surface area contributed by atoms with Gasteiger partial charge in [0.1, 0.15) is 11.6 Å². The Morgan fingerprint density at radius 1 is 1.08 bits per heavy atom. The molecule has 0 saturated carbocycles. The van der Waals surface area contributed by atoms with Gasteiger partial charge in [-0.05, 0) is 60.9 Å². The van der Waals surface area contributed by atoms with Gasteiger partial charge in [-0.15, -0.1) is 0 Å². The zero-order valence-electron chi connectivity index (χ0n) is 19.9. The summed E-state index contributed by atoms with van der Waals surface area (Å²) in [5.41, 5.74) is 0.841. The fourth-order valence-corrected chi connectivity index (χ4v) is 5.61. The summed E-state index contributed by atoms with van der Waals surface area (Å²) in [5, 5.41) is 3.08. The lowest BCUT2D eigenvalue weighted by molar-refractivity contribution is -0.121. The molecule has 36 heavy (non-hydrogen) atoms. The highest BCUT2D eigenvalue weighted by molar-refractivity contribution is 7.92. The first-order valence-corrected chi connectivity index (χ1v) is 13.1. The van der Waals surface area contributed by atoms with Gasteiger partial charge in [0.2, 0.25) is 5.91 Å². The second kappa shape index (κ2) is 12.3. The predicted octanol–water partition coefficient (Wildman–Crippen LogP) is 5.27. The van der Waals surface area contributed by atoms with Gasteiger partial charge >= 0.3 is 0 Å². The van der Waals surface area contributed by atoms with E-state index in [9.17, 15) is 22.0 Å². The number of nitrogens with zero attached hydrogens (tertiary/aromatic N) is 1. The molecule has 0 bridgehead atoms. The van der Waals surface area contributed by atoms with Crippen LogP contribution in [0.15, 0.2) is 71.6 Å². The third kappa shape index (κ3) is 6.60. The van der Waals surface area contributed by atoms with E-state index in [1.165, 1.54) is 31.4 Å². The number of ether oxygens (including phenoxy) is 1. The molecule has 6 nitrogen and oxygen atoms in total. The van der Waals surface area contributed by atoms with Crippen LogP contribution >= 0.6 is 11.6 Å². The van der Waals surface area contributed by atoms with Gasteiger partial charge in [-0.3, -0.25) is 9.10 Å². The SMILES string of the molecule is COCCNC(=O)CCc1ccccc1[C@@H](C)N(c1cc(F)ccc1F)S(=O)(=O)c1ccc(Cl)cc1. The summed E-state index contributed by atoms with van der Waals surface area (Å²) in [7, 11) is -2.81. The molecule has 0 aliphatic heterocycles. The predicted molar refractivity (Wildman–Crippen MR) is 136 cm³/mol. The Bertz CT molecular complexity index is 1300. The van der Waals surface area contributed by atoms with Gasteiger partial charge in [0.05, 0.1) is 23.2 Å². The molecule has 3 aromatic carbocycles. The lowest BCUT2D eigenvalue weighted by Gasteiger charge is -2.32. The van der Waals surface area contributed by atoms with Crippen molar-refractivity contribution in [2.24, 2.45) is 0 Å². The van der Waals surface area contributed by atoms with Crippen LogP contribution in [-0.2, 0) is 26.0 Å². The summed E-state index contributed by atoms with van der Waals surface area (Å²) >= 11 is 5.93. The van der Waals surface area contributed by atoms with Crippen LogP contribution in [0.3, 0.4) is 0 Å². The Balaban J connectivity index is 2.03. The summed E-state index contributed by atoms with van der Waals surface area (Å²) in [5.74, 6) is -1.86. The van der Waals surface area contributed by atoms with Gasteiger partial charge in [-0.25, -0.2) is 17.2 Å². The molecule has 3 rings (SSSR count). The van der Waals surface area contributed by atoms with Crippen molar-refractivity contribution in [3.63, 3.8) is 0 Å². The Labute approximate surface area is 214 Å². The van der Waals surface area contributed by atoms with Crippen LogP contribution in [0.2, 0.25) is 5.02 Å². The Hall–Kier alpha value is -3.01. The molecule has 3 aromatic rings. The van der Waals surface area contributed by atoms with Crippen molar-refractivity contribution < 1.29 is 26.7 Å². The Morgan fingerprint density at radius 2 is 1.78 bits per heavy atom. The molecule has 1 N–H and O–H groups in total. The Morgan fingerprint density at radius 3 is 2.47 bits per heavy atom. The first-order valence-electron chi connectivity index (χ1n) is 11.2. The molecule has 0 aromatic heterocycles. The number of sulfonamides is 1. The quantitative estimate of drug-likeness (QED) is 0.339. The van der Waals surface area contributed by atoms with Crippen LogP contribution < -0.4 is 9.62 Å². The largest absolute Gasteiger partial charge is 0.383 e. The van der Waals surface area contributed by atoms with Crippen molar-refractivity contribution in [1.29, 1.82) is 0 Å². The number of hydrogen-bond donors (Lipinski definition) is 1. The summed E-state index contributed by atoms with van der Waals surface area (Å²) in [6.45, 7) is 2.35. The molecule has 0 heterocycles. The number of nitrogens with one attached hydrogen (secondary N) is 1. The molecule has 1 atom stereocenters.